The summed E-state index contributed by atoms with van der Waals surface area (Å²) in [5.74, 6) is -0.413. The summed E-state index contributed by atoms with van der Waals surface area (Å²) in [6, 6.07) is 17.5. The summed E-state index contributed by atoms with van der Waals surface area (Å²) in [4.78, 5) is 26.5. The van der Waals surface area contributed by atoms with Gasteiger partial charge in [0.25, 0.3) is 5.91 Å². The Balaban J connectivity index is 1.60. The number of nitrogens with one attached hydrogen (secondary N) is 2. The maximum absolute atomic E-state index is 13.0. The monoisotopic (exact) mass is 539 g/mol. The van der Waals surface area contributed by atoms with Gasteiger partial charge in [0.1, 0.15) is 5.56 Å². The van der Waals surface area contributed by atoms with Crippen molar-refractivity contribution in [2.45, 2.75) is 37.9 Å². The van der Waals surface area contributed by atoms with Gasteiger partial charge in [0.2, 0.25) is 0 Å². The fourth-order valence-electron chi connectivity index (χ4n) is 3.80. The van der Waals surface area contributed by atoms with Gasteiger partial charge in [-0.3, -0.25) is 9.59 Å². The molecule has 1 amide bonds. The number of ether oxygens (including phenoxy) is 1. The van der Waals surface area contributed by atoms with E-state index in [-0.39, 0.29) is 17.0 Å². The number of aryl methyl sites for hydroxylation is 1. The van der Waals surface area contributed by atoms with Crippen LogP contribution in [0.15, 0.2) is 82.1 Å². The predicted octanol–water partition coefficient (Wildman–Crippen LogP) is 5.64. The minimum absolute atomic E-state index is 0.0932. The highest BCUT2D eigenvalue weighted by atomic mass is 35.5. The molecule has 2 N–H and O–H groups in total. The lowest BCUT2D eigenvalue weighted by Crippen LogP contribution is -2.30. The van der Waals surface area contributed by atoms with Crippen molar-refractivity contribution < 1.29 is 9.53 Å². The highest BCUT2D eigenvalue weighted by molar-refractivity contribution is 8.03. The second-order valence-electron chi connectivity index (χ2n) is 8.80. The predicted molar refractivity (Wildman–Crippen MR) is 152 cm³/mol. The van der Waals surface area contributed by atoms with Crippen LogP contribution in [0.3, 0.4) is 0 Å². The third-order valence-electron chi connectivity index (χ3n) is 5.79. The van der Waals surface area contributed by atoms with E-state index in [0.29, 0.717) is 30.3 Å². The number of carbonyl (C=O) groups is 1. The molecule has 6 nitrogen and oxygen atoms in total. The van der Waals surface area contributed by atoms with Crippen LogP contribution in [0, 0.1) is 6.92 Å². The van der Waals surface area contributed by atoms with Crippen molar-refractivity contribution in [2.75, 3.05) is 19.8 Å². The van der Waals surface area contributed by atoms with Crippen LogP contribution in [0.1, 0.15) is 46.4 Å². The first-order valence-electron chi connectivity index (χ1n) is 12.2. The van der Waals surface area contributed by atoms with Crippen LogP contribution in [0.4, 0.5) is 0 Å². The molecule has 0 aliphatic heterocycles. The third kappa shape index (κ3) is 8.33. The lowest BCUT2D eigenvalue weighted by Gasteiger charge is -2.20. The zero-order valence-corrected chi connectivity index (χ0v) is 23.1. The lowest BCUT2D eigenvalue weighted by atomic mass is 10.1. The normalized spacial score (nSPS) is 11.8. The topological polar surface area (TPSA) is 72.4 Å². The number of pyridine rings is 1. The van der Waals surface area contributed by atoms with E-state index >= 15 is 0 Å². The van der Waals surface area contributed by atoms with E-state index in [1.807, 2.05) is 37.4 Å². The van der Waals surface area contributed by atoms with Gasteiger partial charge >= 0.3 is 0 Å². The van der Waals surface area contributed by atoms with E-state index in [9.17, 15) is 9.59 Å². The molecule has 0 radical (unpaired) electrons. The molecule has 37 heavy (non-hydrogen) atoms. The summed E-state index contributed by atoms with van der Waals surface area (Å²) in [6.07, 6.45) is 2.61. The Bertz CT molecular complexity index is 1260. The molecule has 3 aromatic rings. The van der Waals surface area contributed by atoms with Gasteiger partial charge in [-0.05, 0) is 43.1 Å². The van der Waals surface area contributed by atoms with E-state index in [1.165, 1.54) is 17.3 Å². The Labute approximate surface area is 228 Å². The van der Waals surface area contributed by atoms with E-state index in [4.69, 9.17) is 16.3 Å². The van der Waals surface area contributed by atoms with Crippen molar-refractivity contribution >= 4 is 29.3 Å². The first-order chi connectivity index (χ1) is 17.8. The van der Waals surface area contributed by atoms with Crippen molar-refractivity contribution in [3.63, 3.8) is 0 Å². The summed E-state index contributed by atoms with van der Waals surface area (Å²) in [5.41, 5.74) is 2.38. The number of nitrogens with zero attached hydrogens (tertiary/aromatic N) is 1. The highest BCUT2D eigenvalue weighted by Crippen LogP contribution is 2.27. The van der Waals surface area contributed by atoms with Gasteiger partial charge in [-0.1, -0.05) is 79.3 Å². The van der Waals surface area contributed by atoms with Crippen LogP contribution < -0.4 is 16.1 Å². The van der Waals surface area contributed by atoms with E-state index in [0.717, 1.165) is 28.5 Å². The molecule has 1 unspecified atom stereocenters. The molecule has 0 saturated heterocycles. The molecule has 0 fully saturated rings. The molecule has 3 rings (SSSR count). The van der Waals surface area contributed by atoms with Gasteiger partial charge in [-0.25, -0.2) is 0 Å². The number of carbonyl (C=O) groups excluding carboxylic acids is 1. The number of rotatable bonds is 13. The van der Waals surface area contributed by atoms with Crippen LogP contribution >= 0.6 is 23.4 Å². The fourth-order valence-corrected chi connectivity index (χ4v) is 4.78. The molecule has 0 aliphatic carbocycles. The smallest absolute Gasteiger partial charge is 0.257 e. The maximum Gasteiger partial charge on any atom is 0.257 e. The number of benzene rings is 2. The van der Waals surface area contributed by atoms with E-state index in [1.54, 1.807) is 29.8 Å². The van der Waals surface area contributed by atoms with Crippen LogP contribution in [0.5, 0.6) is 0 Å². The van der Waals surface area contributed by atoms with Gasteiger partial charge in [-0.2, -0.15) is 0 Å². The van der Waals surface area contributed by atoms with Gasteiger partial charge in [0.15, 0.2) is 5.43 Å². The molecule has 0 bridgehead atoms. The Hall–Kier alpha value is -2.84. The molecule has 1 atom stereocenters. The summed E-state index contributed by atoms with van der Waals surface area (Å²) >= 11 is 7.30. The van der Waals surface area contributed by atoms with Crippen LogP contribution in [-0.4, -0.2) is 30.2 Å². The number of amides is 1. The van der Waals surface area contributed by atoms with E-state index < -0.39 is 5.91 Å². The highest BCUT2D eigenvalue weighted by Gasteiger charge is 2.18. The number of hydrogen-bond acceptors (Lipinski definition) is 5. The standard InChI is InChI=1S/C29H34ClN3O3S/c1-5-15-31-26(23-9-7-6-8-10-23)19-36-18-20(2)37-29-21(3)27(34)25(17-33(29)4)28(35)32-16-22-11-13-24(30)14-12-22/h6-14,17,26,31H,2,5,15-16,18-19H2,1,3-4H3,(H,32,35). The zero-order valence-electron chi connectivity index (χ0n) is 21.6. The second-order valence-corrected chi connectivity index (χ2v) is 10.4. The van der Waals surface area contributed by atoms with Crippen molar-refractivity contribution in [1.29, 1.82) is 0 Å². The summed E-state index contributed by atoms with van der Waals surface area (Å²) < 4.78 is 7.78. The van der Waals surface area contributed by atoms with Crippen molar-refractivity contribution in [1.82, 2.24) is 15.2 Å². The van der Waals surface area contributed by atoms with E-state index in [2.05, 4.69) is 36.3 Å². The average molecular weight is 540 g/mol. The molecular formula is C29H34ClN3O3S. The van der Waals surface area contributed by atoms with Gasteiger partial charge in [0.05, 0.1) is 24.3 Å². The van der Waals surface area contributed by atoms with Gasteiger partial charge in [-0.15, -0.1) is 0 Å². The number of hydrogen-bond donors (Lipinski definition) is 2. The number of thioether (sulfide) groups is 1. The van der Waals surface area contributed by atoms with Crippen LogP contribution in [0.2, 0.25) is 5.02 Å². The third-order valence-corrected chi connectivity index (χ3v) is 7.24. The molecular weight excluding hydrogens is 506 g/mol. The second kappa shape index (κ2) is 14.2. The number of halogens is 1. The number of aromatic nitrogens is 1. The minimum atomic E-state index is -0.413. The quantitative estimate of drug-likeness (QED) is 0.275. The summed E-state index contributed by atoms with van der Waals surface area (Å²) in [6.45, 7) is 10.1. The van der Waals surface area contributed by atoms with Crippen molar-refractivity contribution in [2.24, 2.45) is 7.05 Å². The Morgan fingerprint density at radius 1 is 1.16 bits per heavy atom. The van der Waals surface area contributed by atoms with Gasteiger partial charge in [0, 0.05) is 35.3 Å². The first kappa shape index (κ1) is 28.7. The molecule has 1 aromatic heterocycles. The molecule has 196 valence electrons. The minimum Gasteiger partial charge on any atom is -0.374 e. The molecule has 1 heterocycles. The summed E-state index contributed by atoms with van der Waals surface area (Å²) in [7, 11) is 1.82. The molecule has 0 saturated carbocycles. The summed E-state index contributed by atoms with van der Waals surface area (Å²) in [5, 5.41) is 7.70. The van der Waals surface area contributed by atoms with Crippen LogP contribution in [0.25, 0.3) is 0 Å². The Morgan fingerprint density at radius 3 is 2.54 bits per heavy atom. The van der Waals surface area contributed by atoms with Crippen molar-refractivity contribution in [3.05, 3.63) is 110 Å². The Kier molecular flexibility index (Phi) is 11.0. The van der Waals surface area contributed by atoms with Crippen molar-refractivity contribution in [3.8, 4) is 0 Å². The molecule has 8 heteroatoms. The van der Waals surface area contributed by atoms with Crippen LogP contribution in [-0.2, 0) is 18.3 Å². The fraction of sp³-hybridized carbons (Fsp3) is 0.310. The average Bonchev–Trinajstić information content (AvgIpc) is 2.90. The van der Waals surface area contributed by atoms with Gasteiger partial charge < -0.3 is 19.9 Å². The molecule has 0 aliphatic rings. The molecule has 0 spiro atoms. The lowest BCUT2D eigenvalue weighted by molar-refractivity contribution is 0.0948. The zero-order chi connectivity index (χ0) is 26.8. The maximum atomic E-state index is 13.0. The SMILES string of the molecule is C=C(COCC(NCCC)c1ccccc1)Sc1c(C)c(=O)c(C(=O)NCc2ccc(Cl)cc2)cn1C. The molecule has 2 aromatic carbocycles. The first-order valence-corrected chi connectivity index (χ1v) is 13.4. The largest absolute Gasteiger partial charge is 0.374 e. The Morgan fingerprint density at radius 2 is 1.86 bits per heavy atom.